The predicted octanol–water partition coefficient (Wildman–Crippen LogP) is 5.62. The quantitative estimate of drug-likeness (QED) is 0.103. The molecule has 1 heterocycles. The molecule has 1 fully saturated rings. The summed E-state index contributed by atoms with van der Waals surface area (Å²) in [5, 5.41) is 15.2. The van der Waals surface area contributed by atoms with Crippen molar-refractivity contribution in [2.75, 3.05) is 12.4 Å². The molecule has 1 saturated heterocycles. The number of hydrogen-bond acceptors (Lipinski definition) is 10. The van der Waals surface area contributed by atoms with Gasteiger partial charge in [-0.15, -0.1) is 0 Å². The molecule has 212 valence electrons. The molecule has 0 radical (unpaired) electrons. The Morgan fingerprint density at radius 1 is 1.10 bits per heavy atom. The van der Waals surface area contributed by atoms with E-state index >= 15 is 0 Å². The van der Waals surface area contributed by atoms with Crippen molar-refractivity contribution in [2.24, 2.45) is 0 Å². The molecule has 12 nitrogen and oxygen atoms in total. The summed E-state index contributed by atoms with van der Waals surface area (Å²) in [4.78, 5) is 35.3. The summed E-state index contributed by atoms with van der Waals surface area (Å²) in [6.45, 7) is 0. The molecule has 17 heteroatoms. The first kappa shape index (κ1) is 30.1. The smallest absolute Gasteiger partial charge is 0.346 e. The van der Waals surface area contributed by atoms with Crippen LogP contribution in [0.5, 0.6) is 11.5 Å². The van der Waals surface area contributed by atoms with Crippen molar-refractivity contribution >= 4 is 91.0 Å². The number of thioether (sulfide) groups is 1. The van der Waals surface area contributed by atoms with E-state index in [1.54, 1.807) is 0 Å². The van der Waals surface area contributed by atoms with Crippen LogP contribution in [-0.4, -0.2) is 41.7 Å². The highest BCUT2D eigenvalue weighted by Gasteiger charge is 2.34. The van der Waals surface area contributed by atoms with Gasteiger partial charge in [-0.05, 0) is 60.3 Å². The highest BCUT2D eigenvalue weighted by atomic mass is 35.5. The zero-order chi connectivity index (χ0) is 29.9. The Labute approximate surface area is 252 Å². The second kappa shape index (κ2) is 12.3. The molecule has 0 unspecified atom stereocenters. The Bertz CT molecular complexity index is 1730. The number of nitro benzene ring substituents is 1. The van der Waals surface area contributed by atoms with E-state index in [1.165, 1.54) is 61.7 Å². The number of hydrazine groups is 1. The van der Waals surface area contributed by atoms with Gasteiger partial charge in [0.25, 0.3) is 11.6 Å². The van der Waals surface area contributed by atoms with Crippen LogP contribution < -0.4 is 19.7 Å². The first-order chi connectivity index (χ1) is 19.4. The fourth-order valence-electron chi connectivity index (χ4n) is 3.38. The molecular formula is C24H16Cl2N4O8S3. The molecule has 3 aromatic rings. The van der Waals surface area contributed by atoms with Gasteiger partial charge in [0, 0.05) is 11.8 Å². The topological polar surface area (TPSA) is 157 Å². The highest BCUT2D eigenvalue weighted by molar-refractivity contribution is 8.26. The van der Waals surface area contributed by atoms with Gasteiger partial charge in [-0.1, -0.05) is 53.2 Å². The van der Waals surface area contributed by atoms with Gasteiger partial charge < -0.3 is 14.2 Å². The summed E-state index contributed by atoms with van der Waals surface area (Å²) in [6, 6.07) is 12.5. The molecule has 0 atom stereocenters. The number of rotatable bonds is 8. The summed E-state index contributed by atoms with van der Waals surface area (Å²) >= 11 is 18.0. The summed E-state index contributed by atoms with van der Waals surface area (Å²) in [7, 11) is -3.33. The van der Waals surface area contributed by atoms with Crippen LogP contribution in [0.4, 0.5) is 16.2 Å². The molecule has 0 aliphatic carbocycles. The van der Waals surface area contributed by atoms with E-state index in [4.69, 9.17) is 44.3 Å². The number of nitrogens with zero attached hydrogens (tertiary/aromatic N) is 2. The molecule has 0 bridgehead atoms. The maximum absolute atomic E-state index is 12.9. The zero-order valence-corrected chi connectivity index (χ0v) is 24.5. The normalized spacial score (nSPS) is 14.2. The number of amides is 3. The molecule has 0 saturated carbocycles. The van der Waals surface area contributed by atoms with Gasteiger partial charge in [-0.3, -0.25) is 14.9 Å². The first-order valence-electron chi connectivity index (χ1n) is 11.1. The standard InChI is InChI=1S/C24H16Cl2N4O8S3/c1-37-19-10-13(6-9-18(19)38-41(35,36)21-5-3-2-4-17(21)30(33)34)11-20-22(31)29(24(39)40-20)28-23(32)27-14-7-8-15(25)16(26)12-14/h2-12H,1H3,(H2,27,28,32)/b20-11-. The van der Waals surface area contributed by atoms with E-state index in [1.807, 2.05) is 0 Å². The lowest BCUT2D eigenvalue weighted by atomic mass is 10.2. The minimum absolute atomic E-state index is 0.0319. The number of carbonyl (C=O) groups is 2. The van der Waals surface area contributed by atoms with E-state index in [9.17, 15) is 28.1 Å². The molecule has 2 N–H and O–H groups in total. The van der Waals surface area contributed by atoms with Gasteiger partial charge in [0.05, 0.1) is 27.0 Å². The van der Waals surface area contributed by atoms with Gasteiger partial charge in [0.2, 0.25) is 0 Å². The molecule has 1 aliphatic rings. The number of halogens is 2. The lowest BCUT2D eigenvalue weighted by molar-refractivity contribution is -0.387. The van der Waals surface area contributed by atoms with Crippen LogP contribution >= 0.6 is 47.2 Å². The minimum Gasteiger partial charge on any atom is -0.493 e. The number of nitrogens with one attached hydrogen (secondary N) is 2. The molecule has 41 heavy (non-hydrogen) atoms. The lowest BCUT2D eigenvalue weighted by Crippen LogP contribution is -2.46. The Balaban J connectivity index is 1.50. The zero-order valence-electron chi connectivity index (χ0n) is 20.5. The van der Waals surface area contributed by atoms with Gasteiger partial charge in [-0.2, -0.15) is 13.4 Å². The molecule has 0 spiro atoms. The first-order valence-corrected chi connectivity index (χ1v) is 14.4. The SMILES string of the molecule is COc1cc(/C=C2\SC(=S)N(NC(=O)Nc3ccc(Cl)c(Cl)c3)C2=O)ccc1OS(=O)(=O)c1ccccc1[N+](=O)[O-]. The van der Waals surface area contributed by atoms with Crippen LogP contribution in [-0.2, 0) is 14.9 Å². The number of methoxy groups -OCH3 is 1. The predicted molar refractivity (Wildman–Crippen MR) is 158 cm³/mol. The van der Waals surface area contributed by atoms with E-state index in [0.717, 1.165) is 28.9 Å². The average Bonchev–Trinajstić information content (AvgIpc) is 3.18. The third-order valence-electron chi connectivity index (χ3n) is 5.20. The lowest BCUT2D eigenvalue weighted by Gasteiger charge is -2.16. The largest absolute Gasteiger partial charge is 0.493 e. The second-order valence-corrected chi connectivity index (χ2v) is 11.9. The van der Waals surface area contributed by atoms with Crippen molar-refractivity contribution in [1.82, 2.24) is 10.4 Å². The average molecular weight is 656 g/mol. The number of hydrogen-bond donors (Lipinski definition) is 2. The summed E-state index contributed by atoms with van der Waals surface area (Å²) < 4.78 is 36.0. The van der Waals surface area contributed by atoms with Crippen LogP contribution in [0, 0.1) is 10.1 Å². The van der Waals surface area contributed by atoms with Crippen LogP contribution in [0.2, 0.25) is 10.0 Å². The van der Waals surface area contributed by atoms with Gasteiger partial charge >= 0.3 is 16.1 Å². The van der Waals surface area contributed by atoms with Gasteiger partial charge in [0.1, 0.15) is 0 Å². The Morgan fingerprint density at radius 2 is 1.83 bits per heavy atom. The molecule has 3 aromatic carbocycles. The molecule has 3 amide bonds. The van der Waals surface area contributed by atoms with Crippen molar-refractivity contribution in [3.63, 3.8) is 0 Å². The third kappa shape index (κ3) is 6.89. The number of ether oxygens (including phenoxy) is 1. The number of nitro groups is 1. The number of carbonyl (C=O) groups excluding carboxylic acids is 2. The Kier molecular flexibility index (Phi) is 9.04. The summed E-state index contributed by atoms with van der Waals surface area (Å²) in [5.41, 5.74) is 2.44. The highest BCUT2D eigenvalue weighted by Crippen LogP contribution is 2.36. The molecule has 4 rings (SSSR count). The summed E-state index contributed by atoms with van der Waals surface area (Å²) in [6.07, 6.45) is 1.45. The Morgan fingerprint density at radius 3 is 2.51 bits per heavy atom. The van der Waals surface area contributed by atoms with Crippen LogP contribution in [0.3, 0.4) is 0 Å². The van der Waals surface area contributed by atoms with Gasteiger partial charge in [0.15, 0.2) is 20.7 Å². The maximum atomic E-state index is 12.9. The number of anilines is 1. The number of thiocarbonyl (C=S) groups is 1. The van der Waals surface area contributed by atoms with E-state index in [-0.39, 0.29) is 25.7 Å². The number of benzene rings is 3. The Hall–Kier alpha value is -3.89. The number of urea groups is 1. The summed E-state index contributed by atoms with van der Waals surface area (Å²) in [5.74, 6) is -0.894. The fraction of sp³-hybridized carbons (Fsp3) is 0.0417. The molecule has 1 aliphatic heterocycles. The van der Waals surface area contributed by atoms with Crippen molar-refractivity contribution in [3.8, 4) is 11.5 Å². The van der Waals surface area contributed by atoms with Crippen molar-refractivity contribution in [1.29, 1.82) is 0 Å². The van der Waals surface area contributed by atoms with Crippen molar-refractivity contribution in [2.45, 2.75) is 4.90 Å². The monoisotopic (exact) mass is 654 g/mol. The van der Waals surface area contributed by atoms with Crippen LogP contribution in [0.25, 0.3) is 6.08 Å². The van der Waals surface area contributed by atoms with Crippen LogP contribution in [0.15, 0.2) is 70.5 Å². The number of para-hydroxylation sites is 1. The minimum atomic E-state index is -4.60. The molecular weight excluding hydrogens is 639 g/mol. The maximum Gasteiger partial charge on any atom is 0.346 e. The van der Waals surface area contributed by atoms with Crippen molar-refractivity contribution in [3.05, 3.63) is 91.3 Å². The van der Waals surface area contributed by atoms with E-state index < -0.39 is 37.6 Å². The van der Waals surface area contributed by atoms with Crippen molar-refractivity contribution < 1.29 is 31.9 Å². The van der Waals surface area contributed by atoms with E-state index in [2.05, 4.69) is 10.7 Å². The fourth-order valence-corrected chi connectivity index (χ4v) is 5.96. The van der Waals surface area contributed by atoms with Gasteiger partial charge in [-0.25, -0.2) is 10.2 Å². The third-order valence-corrected chi connectivity index (χ3v) is 8.52. The van der Waals surface area contributed by atoms with E-state index in [0.29, 0.717) is 16.3 Å². The van der Waals surface area contributed by atoms with Crippen LogP contribution in [0.1, 0.15) is 5.56 Å². The molecule has 0 aromatic heterocycles. The second-order valence-electron chi connectivity index (χ2n) is 7.88.